The molecule has 0 bridgehead atoms. The van der Waals surface area contributed by atoms with Crippen LogP contribution in [-0.2, 0) is 0 Å². The molecule has 1 aromatic heterocycles. The van der Waals surface area contributed by atoms with Crippen LogP contribution in [0.4, 0.5) is 0 Å². The number of carbonyl (C=O) groups is 2. The summed E-state index contributed by atoms with van der Waals surface area (Å²) >= 11 is 1.13. The average Bonchev–Trinajstić information content (AvgIpc) is 3.07. The molecule has 0 saturated heterocycles. The van der Waals surface area contributed by atoms with E-state index in [1.54, 1.807) is 37.3 Å². The van der Waals surface area contributed by atoms with E-state index in [0.717, 1.165) is 28.3 Å². The highest BCUT2D eigenvalue weighted by Gasteiger charge is 2.20. The first-order valence-corrected chi connectivity index (χ1v) is 8.83. The highest BCUT2D eigenvalue weighted by Crippen LogP contribution is 2.23. The van der Waals surface area contributed by atoms with Crippen LogP contribution in [0.15, 0.2) is 42.5 Å². The smallest absolute Gasteiger partial charge is 0.251 e. The molecule has 3 aromatic rings. The van der Waals surface area contributed by atoms with E-state index in [9.17, 15) is 9.59 Å². The minimum Gasteiger partial charge on any atom is -0.345 e. The molecule has 1 unspecified atom stereocenters. The lowest BCUT2D eigenvalue weighted by Crippen LogP contribution is -2.31. The lowest BCUT2D eigenvalue weighted by Gasteiger charge is -2.23. The molecule has 128 valence electrons. The molecule has 0 radical (unpaired) electrons. The second-order valence-corrected chi connectivity index (χ2v) is 6.87. The van der Waals surface area contributed by atoms with E-state index in [1.165, 1.54) is 0 Å². The Balaban J connectivity index is 1.83. The van der Waals surface area contributed by atoms with Crippen LogP contribution in [-0.4, -0.2) is 20.4 Å². The summed E-state index contributed by atoms with van der Waals surface area (Å²) in [6, 6.07) is 12.6. The van der Waals surface area contributed by atoms with Gasteiger partial charge in [-0.15, -0.1) is 0 Å². The maximum atomic E-state index is 12.7. The van der Waals surface area contributed by atoms with Crippen molar-refractivity contribution >= 4 is 34.5 Å². The molecule has 0 spiro atoms. The van der Waals surface area contributed by atoms with Gasteiger partial charge in [-0.05, 0) is 36.6 Å². The van der Waals surface area contributed by atoms with Crippen LogP contribution in [0.5, 0.6) is 0 Å². The summed E-state index contributed by atoms with van der Waals surface area (Å²) in [4.78, 5) is 24.1. The van der Waals surface area contributed by atoms with Crippen LogP contribution in [0.25, 0.3) is 11.0 Å². The quantitative estimate of drug-likeness (QED) is 0.703. The number of Topliss-reactive ketones (excluding diaryl/α,β-unsaturated/α-hetero) is 1. The Morgan fingerprint density at radius 3 is 2.24 bits per heavy atom. The third-order valence-electron chi connectivity index (χ3n) is 4.15. The first kappa shape index (κ1) is 17.2. The van der Waals surface area contributed by atoms with Gasteiger partial charge in [0, 0.05) is 11.1 Å². The van der Waals surface area contributed by atoms with Crippen molar-refractivity contribution in [3.8, 4) is 0 Å². The normalized spacial score (nSPS) is 12.3. The summed E-state index contributed by atoms with van der Waals surface area (Å²) < 4.78 is 8.33. The van der Waals surface area contributed by atoms with E-state index >= 15 is 0 Å². The minimum atomic E-state index is -0.149. The second kappa shape index (κ2) is 7.11. The molecule has 0 fully saturated rings. The molecular formula is C19H19N3O2S. The Morgan fingerprint density at radius 2 is 1.60 bits per heavy atom. The number of fused-ring (bicyclic) bond motifs is 1. The van der Waals surface area contributed by atoms with Gasteiger partial charge in [0.1, 0.15) is 11.0 Å². The maximum absolute atomic E-state index is 12.7. The predicted molar refractivity (Wildman–Crippen MR) is 98.9 cm³/mol. The van der Waals surface area contributed by atoms with Crippen LogP contribution in [0.2, 0.25) is 0 Å². The van der Waals surface area contributed by atoms with Gasteiger partial charge in [0.15, 0.2) is 5.78 Å². The number of carbonyl (C=O) groups excluding carboxylic acids is 2. The molecule has 3 rings (SSSR count). The van der Waals surface area contributed by atoms with Crippen molar-refractivity contribution in [3.05, 3.63) is 59.2 Å². The molecule has 0 aliphatic rings. The number of nitrogens with one attached hydrogen (secondary N) is 1. The maximum Gasteiger partial charge on any atom is 0.251 e. The largest absolute Gasteiger partial charge is 0.345 e. The molecule has 0 aliphatic heterocycles. The summed E-state index contributed by atoms with van der Waals surface area (Å²) in [6.07, 6.45) is 0. The van der Waals surface area contributed by atoms with Crippen LogP contribution < -0.4 is 5.32 Å². The number of aromatic nitrogens is 2. The van der Waals surface area contributed by atoms with E-state index in [1.807, 2.05) is 12.1 Å². The van der Waals surface area contributed by atoms with Gasteiger partial charge < -0.3 is 5.32 Å². The monoisotopic (exact) mass is 353 g/mol. The Kier molecular flexibility index (Phi) is 4.90. The Hall–Kier alpha value is -2.60. The van der Waals surface area contributed by atoms with Gasteiger partial charge in [0.05, 0.1) is 17.8 Å². The fraction of sp³-hybridized carbons (Fsp3) is 0.263. The zero-order valence-corrected chi connectivity index (χ0v) is 15.1. The number of hydrogen-bond acceptors (Lipinski definition) is 5. The summed E-state index contributed by atoms with van der Waals surface area (Å²) in [5.41, 5.74) is 3.72. The summed E-state index contributed by atoms with van der Waals surface area (Å²) in [6.45, 7) is 5.65. The molecule has 1 amide bonds. The molecule has 1 atom stereocenters. The SMILES string of the molecule is CC(=O)c1ccc(C(NC(=O)c2ccc3nsnc3c2)C(C)C)cc1. The fourth-order valence-electron chi connectivity index (χ4n) is 2.71. The van der Waals surface area contributed by atoms with Gasteiger partial charge in [-0.2, -0.15) is 8.75 Å². The number of benzene rings is 2. The van der Waals surface area contributed by atoms with Crippen molar-refractivity contribution in [2.45, 2.75) is 26.8 Å². The molecule has 2 aromatic carbocycles. The summed E-state index contributed by atoms with van der Waals surface area (Å²) in [7, 11) is 0. The van der Waals surface area contributed by atoms with Gasteiger partial charge in [0.25, 0.3) is 5.91 Å². The van der Waals surface area contributed by atoms with Crippen molar-refractivity contribution in [2.24, 2.45) is 5.92 Å². The molecule has 5 nitrogen and oxygen atoms in total. The first-order chi connectivity index (χ1) is 12.0. The zero-order chi connectivity index (χ0) is 18.0. The Labute approximate surface area is 150 Å². The van der Waals surface area contributed by atoms with Crippen molar-refractivity contribution in [1.82, 2.24) is 14.1 Å². The number of hydrogen-bond donors (Lipinski definition) is 1. The van der Waals surface area contributed by atoms with Crippen LogP contribution in [0.1, 0.15) is 53.1 Å². The van der Waals surface area contributed by atoms with Gasteiger partial charge in [-0.3, -0.25) is 9.59 Å². The molecular weight excluding hydrogens is 334 g/mol. The van der Waals surface area contributed by atoms with Gasteiger partial charge >= 0.3 is 0 Å². The van der Waals surface area contributed by atoms with E-state index < -0.39 is 0 Å². The van der Waals surface area contributed by atoms with E-state index in [0.29, 0.717) is 11.1 Å². The molecule has 1 N–H and O–H groups in total. The second-order valence-electron chi connectivity index (χ2n) is 6.34. The van der Waals surface area contributed by atoms with Crippen LogP contribution in [0.3, 0.4) is 0 Å². The van der Waals surface area contributed by atoms with E-state index in [4.69, 9.17) is 0 Å². The van der Waals surface area contributed by atoms with E-state index in [2.05, 4.69) is 27.9 Å². The van der Waals surface area contributed by atoms with Crippen molar-refractivity contribution < 1.29 is 9.59 Å². The molecule has 1 heterocycles. The highest BCUT2D eigenvalue weighted by atomic mass is 32.1. The fourth-order valence-corrected chi connectivity index (χ4v) is 3.23. The first-order valence-electron chi connectivity index (χ1n) is 8.10. The number of rotatable bonds is 5. The van der Waals surface area contributed by atoms with Crippen LogP contribution >= 0.6 is 11.7 Å². The van der Waals surface area contributed by atoms with Gasteiger partial charge in [-0.25, -0.2) is 0 Å². The molecule has 6 heteroatoms. The standard InChI is InChI=1S/C19H19N3O2S/c1-11(2)18(14-6-4-13(5-7-14)12(3)23)20-19(24)15-8-9-16-17(10-15)22-25-21-16/h4-11,18H,1-3H3,(H,20,24). The van der Waals surface area contributed by atoms with E-state index in [-0.39, 0.29) is 23.7 Å². The Morgan fingerprint density at radius 1 is 0.960 bits per heavy atom. The van der Waals surface area contributed by atoms with Crippen molar-refractivity contribution in [3.63, 3.8) is 0 Å². The number of ketones is 1. The lowest BCUT2D eigenvalue weighted by atomic mass is 9.94. The van der Waals surface area contributed by atoms with Crippen LogP contribution in [0, 0.1) is 5.92 Å². The highest BCUT2D eigenvalue weighted by molar-refractivity contribution is 7.00. The van der Waals surface area contributed by atoms with Crippen molar-refractivity contribution in [2.75, 3.05) is 0 Å². The average molecular weight is 353 g/mol. The topological polar surface area (TPSA) is 72.0 Å². The minimum absolute atomic E-state index is 0.0295. The van der Waals surface area contributed by atoms with Crippen molar-refractivity contribution in [1.29, 1.82) is 0 Å². The third kappa shape index (κ3) is 3.74. The third-order valence-corrected chi connectivity index (χ3v) is 4.70. The summed E-state index contributed by atoms with van der Waals surface area (Å²) in [5, 5.41) is 3.09. The van der Waals surface area contributed by atoms with Gasteiger partial charge in [0.2, 0.25) is 0 Å². The predicted octanol–water partition coefficient (Wildman–Crippen LogP) is 4.02. The zero-order valence-electron chi connectivity index (χ0n) is 14.3. The molecule has 0 aliphatic carbocycles. The summed E-state index contributed by atoms with van der Waals surface area (Å²) in [5.74, 6) is 0.0860. The van der Waals surface area contributed by atoms with Gasteiger partial charge in [-0.1, -0.05) is 38.1 Å². The molecule has 0 saturated carbocycles. The number of nitrogens with zero attached hydrogens (tertiary/aromatic N) is 2. The number of amides is 1. The Bertz CT molecular complexity index is 916. The molecule has 25 heavy (non-hydrogen) atoms. The lowest BCUT2D eigenvalue weighted by molar-refractivity contribution is 0.0924.